The summed E-state index contributed by atoms with van der Waals surface area (Å²) in [5.74, 6) is 1.67. The van der Waals surface area contributed by atoms with Gasteiger partial charge in [0.25, 0.3) is 0 Å². The Morgan fingerprint density at radius 1 is 1.22 bits per heavy atom. The molecule has 0 radical (unpaired) electrons. The van der Waals surface area contributed by atoms with E-state index >= 15 is 0 Å². The number of imidazole rings is 1. The number of fused-ring (bicyclic) bond motifs is 1. The number of nitrogens with one attached hydrogen (secondary N) is 1. The molecule has 1 N–H and O–H groups in total. The predicted molar refractivity (Wildman–Crippen MR) is 69.7 cm³/mol. The standard InChI is InChI=1S/C12H18N4O2/c1-16(2)11-5-4-9-12(15-11)14-10(13-9)8-18-7-6-17-3/h4-5H,6-8H2,1-3H3,(H,13,14,15). The van der Waals surface area contributed by atoms with Gasteiger partial charge in [-0.15, -0.1) is 0 Å². The molecule has 0 aliphatic heterocycles. The van der Waals surface area contributed by atoms with Crippen LogP contribution in [0.1, 0.15) is 5.82 Å². The van der Waals surface area contributed by atoms with Crippen molar-refractivity contribution in [1.82, 2.24) is 15.0 Å². The Morgan fingerprint density at radius 3 is 2.78 bits per heavy atom. The minimum Gasteiger partial charge on any atom is -0.382 e. The van der Waals surface area contributed by atoms with Crippen molar-refractivity contribution in [2.75, 3.05) is 39.3 Å². The summed E-state index contributed by atoms with van der Waals surface area (Å²) in [6.45, 7) is 1.59. The third kappa shape index (κ3) is 2.96. The lowest BCUT2D eigenvalue weighted by Crippen LogP contribution is -2.10. The van der Waals surface area contributed by atoms with E-state index in [1.807, 2.05) is 31.1 Å². The van der Waals surface area contributed by atoms with Crippen molar-refractivity contribution >= 4 is 17.0 Å². The van der Waals surface area contributed by atoms with Crippen molar-refractivity contribution in [3.63, 3.8) is 0 Å². The summed E-state index contributed by atoms with van der Waals surface area (Å²) < 4.78 is 10.3. The Morgan fingerprint density at radius 2 is 2.06 bits per heavy atom. The second-order valence-corrected chi connectivity index (χ2v) is 4.16. The van der Waals surface area contributed by atoms with E-state index in [-0.39, 0.29) is 0 Å². The molecule has 2 rings (SSSR count). The van der Waals surface area contributed by atoms with Gasteiger partial charge < -0.3 is 19.4 Å². The number of anilines is 1. The van der Waals surface area contributed by atoms with E-state index in [0.29, 0.717) is 25.5 Å². The number of rotatable bonds is 6. The molecule has 0 unspecified atom stereocenters. The van der Waals surface area contributed by atoms with Crippen LogP contribution in [0.15, 0.2) is 12.1 Å². The Balaban J connectivity index is 2.07. The summed E-state index contributed by atoms with van der Waals surface area (Å²) in [5, 5.41) is 0. The van der Waals surface area contributed by atoms with E-state index in [1.54, 1.807) is 7.11 Å². The average Bonchev–Trinajstić information content (AvgIpc) is 2.76. The zero-order chi connectivity index (χ0) is 13.0. The summed E-state index contributed by atoms with van der Waals surface area (Å²) in [7, 11) is 5.56. The van der Waals surface area contributed by atoms with Gasteiger partial charge in [0, 0.05) is 21.2 Å². The third-order valence-corrected chi connectivity index (χ3v) is 2.51. The highest BCUT2D eigenvalue weighted by Gasteiger charge is 2.06. The van der Waals surface area contributed by atoms with Gasteiger partial charge in [0.1, 0.15) is 18.2 Å². The van der Waals surface area contributed by atoms with E-state index in [9.17, 15) is 0 Å². The quantitative estimate of drug-likeness (QED) is 0.780. The van der Waals surface area contributed by atoms with Gasteiger partial charge in [-0.25, -0.2) is 9.97 Å². The number of hydrogen-bond donors (Lipinski definition) is 1. The van der Waals surface area contributed by atoms with Crippen molar-refractivity contribution < 1.29 is 9.47 Å². The van der Waals surface area contributed by atoms with Crippen molar-refractivity contribution in [1.29, 1.82) is 0 Å². The van der Waals surface area contributed by atoms with Crippen LogP contribution >= 0.6 is 0 Å². The monoisotopic (exact) mass is 250 g/mol. The topological polar surface area (TPSA) is 63.3 Å². The fourth-order valence-electron chi connectivity index (χ4n) is 1.56. The molecule has 0 aliphatic carbocycles. The summed E-state index contributed by atoms with van der Waals surface area (Å²) in [5.41, 5.74) is 1.64. The van der Waals surface area contributed by atoms with Crippen LogP contribution in [0.3, 0.4) is 0 Å². The lowest BCUT2D eigenvalue weighted by molar-refractivity contribution is 0.0590. The number of pyridine rings is 1. The smallest absolute Gasteiger partial charge is 0.179 e. The molecule has 98 valence electrons. The lowest BCUT2D eigenvalue weighted by atomic mass is 10.4. The maximum absolute atomic E-state index is 5.41. The number of methoxy groups -OCH3 is 1. The first-order chi connectivity index (χ1) is 8.70. The minimum absolute atomic E-state index is 0.441. The van der Waals surface area contributed by atoms with Gasteiger partial charge in [0.05, 0.1) is 18.7 Å². The first kappa shape index (κ1) is 12.8. The van der Waals surface area contributed by atoms with E-state index in [1.165, 1.54) is 0 Å². The molecule has 0 bridgehead atoms. The lowest BCUT2D eigenvalue weighted by Gasteiger charge is -2.09. The van der Waals surface area contributed by atoms with Crippen LogP contribution in [0.5, 0.6) is 0 Å². The second-order valence-electron chi connectivity index (χ2n) is 4.16. The van der Waals surface area contributed by atoms with Gasteiger partial charge in [-0.2, -0.15) is 0 Å². The van der Waals surface area contributed by atoms with Crippen LogP contribution in [0.4, 0.5) is 5.82 Å². The van der Waals surface area contributed by atoms with E-state index < -0.39 is 0 Å². The van der Waals surface area contributed by atoms with E-state index in [2.05, 4.69) is 15.0 Å². The van der Waals surface area contributed by atoms with Gasteiger partial charge >= 0.3 is 0 Å². The molecule has 0 atom stereocenters. The summed E-state index contributed by atoms with van der Waals surface area (Å²) in [6, 6.07) is 3.93. The maximum Gasteiger partial charge on any atom is 0.179 e. The summed E-state index contributed by atoms with van der Waals surface area (Å²) >= 11 is 0. The summed E-state index contributed by atoms with van der Waals surface area (Å²) in [4.78, 5) is 14.0. The average molecular weight is 250 g/mol. The zero-order valence-corrected chi connectivity index (χ0v) is 10.9. The fraction of sp³-hybridized carbons (Fsp3) is 0.500. The predicted octanol–water partition coefficient (Wildman–Crippen LogP) is 1.19. The summed E-state index contributed by atoms with van der Waals surface area (Å²) in [6.07, 6.45) is 0. The highest BCUT2D eigenvalue weighted by Crippen LogP contribution is 2.14. The molecule has 2 heterocycles. The van der Waals surface area contributed by atoms with E-state index in [0.717, 1.165) is 17.2 Å². The number of nitrogens with zero attached hydrogens (tertiary/aromatic N) is 3. The van der Waals surface area contributed by atoms with E-state index in [4.69, 9.17) is 9.47 Å². The van der Waals surface area contributed by atoms with Crippen LogP contribution in [0, 0.1) is 0 Å². The minimum atomic E-state index is 0.441. The zero-order valence-electron chi connectivity index (χ0n) is 10.9. The first-order valence-electron chi connectivity index (χ1n) is 5.80. The van der Waals surface area contributed by atoms with Crippen molar-refractivity contribution in [2.24, 2.45) is 0 Å². The molecule has 0 saturated heterocycles. The SMILES string of the molecule is COCCOCc1nc2nc(N(C)C)ccc2[nH]1. The van der Waals surface area contributed by atoms with Gasteiger partial charge in [0.15, 0.2) is 5.65 Å². The third-order valence-electron chi connectivity index (χ3n) is 2.51. The highest BCUT2D eigenvalue weighted by atomic mass is 16.5. The largest absolute Gasteiger partial charge is 0.382 e. The maximum atomic E-state index is 5.41. The molecule has 0 aliphatic rings. The molecule has 2 aromatic rings. The Labute approximate surface area is 106 Å². The van der Waals surface area contributed by atoms with Crippen molar-refractivity contribution in [2.45, 2.75) is 6.61 Å². The Bertz CT molecular complexity index is 510. The molecule has 2 aromatic heterocycles. The first-order valence-corrected chi connectivity index (χ1v) is 5.80. The Kier molecular flexibility index (Phi) is 4.11. The van der Waals surface area contributed by atoms with Gasteiger partial charge in [-0.1, -0.05) is 0 Å². The number of hydrogen-bond acceptors (Lipinski definition) is 5. The van der Waals surface area contributed by atoms with Crippen LogP contribution in [0.25, 0.3) is 11.2 Å². The van der Waals surface area contributed by atoms with Crippen LogP contribution < -0.4 is 4.90 Å². The van der Waals surface area contributed by atoms with Crippen molar-refractivity contribution in [3.8, 4) is 0 Å². The number of ether oxygens (including phenoxy) is 2. The molecule has 0 spiro atoms. The number of H-pyrrole nitrogens is 1. The molecular weight excluding hydrogens is 232 g/mol. The van der Waals surface area contributed by atoms with Gasteiger partial charge in [0.2, 0.25) is 0 Å². The Hall–Kier alpha value is -1.66. The molecule has 0 aromatic carbocycles. The molecule has 6 nitrogen and oxygen atoms in total. The van der Waals surface area contributed by atoms with Gasteiger partial charge in [-0.05, 0) is 12.1 Å². The molecule has 0 saturated carbocycles. The fourth-order valence-corrected chi connectivity index (χ4v) is 1.56. The molecule has 6 heteroatoms. The van der Waals surface area contributed by atoms with Crippen LogP contribution in [-0.4, -0.2) is 49.4 Å². The number of aromatic nitrogens is 3. The molecule has 0 fully saturated rings. The number of aromatic amines is 1. The van der Waals surface area contributed by atoms with Crippen molar-refractivity contribution in [3.05, 3.63) is 18.0 Å². The highest BCUT2D eigenvalue weighted by molar-refractivity contribution is 5.72. The second kappa shape index (κ2) is 5.79. The molecule has 18 heavy (non-hydrogen) atoms. The van der Waals surface area contributed by atoms with Crippen LogP contribution in [0.2, 0.25) is 0 Å². The molecular formula is C12H18N4O2. The van der Waals surface area contributed by atoms with Gasteiger partial charge in [-0.3, -0.25) is 0 Å². The molecule has 0 amide bonds. The normalized spacial score (nSPS) is 11.1. The van der Waals surface area contributed by atoms with Crippen LogP contribution in [-0.2, 0) is 16.1 Å².